The average Bonchev–Trinajstić information content (AvgIpc) is 3.20. The quantitative estimate of drug-likeness (QED) is 0.380. The van der Waals surface area contributed by atoms with Gasteiger partial charge in [0.1, 0.15) is 17.3 Å². The molecule has 1 N–H and O–H groups in total. The highest BCUT2D eigenvalue weighted by Crippen LogP contribution is 2.40. The molecule has 0 saturated heterocycles. The van der Waals surface area contributed by atoms with Crippen LogP contribution in [0.25, 0.3) is 28.1 Å². The number of nitrogens with one attached hydrogen (secondary N) is 1. The molecule has 1 fully saturated rings. The van der Waals surface area contributed by atoms with Gasteiger partial charge in [-0.25, -0.2) is 9.07 Å². The van der Waals surface area contributed by atoms with E-state index in [9.17, 15) is 4.39 Å². The Morgan fingerprint density at radius 2 is 1.45 bits per heavy atom. The van der Waals surface area contributed by atoms with Crippen LogP contribution in [0.3, 0.4) is 0 Å². The number of anilines is 1. The zero-order chi connectivity index (χ0) is 21.0. The molecular formula is C27H26FN3. The number of hydrogen-bond acceptors (Lipinski definition) is 2. The maximum absolute atomic E-state index is 14.1. The molecule has 0 bridgehead atoms. The smallest absolute Gasteiger partial charge is 0.138 e. The van der Waals surface area contributed by atoms with Crippen LogP contribution in [0.4, 0.5) is 10.2 Å². The monoisotopic (exact) mass is 411 g/mol. The second-order valence-corrected chi connectivity index (χ2v) is 8.18. The van der Waals surface area contributed by atoms with Gasteiger partial charge < -0.3 is 5.32 Å². The van der Waals surface area contributed by atoms with Gasteiger partial charge in [-0.15, -0.1) is 0 Å². The molecule has 1 heterocycles. The first-order chi connectivity index (χ1) is 15.3. The molecule has 4 aromatic rings. The van der Waals surface area contributed by atoms with E-state index in [4.69, 9.17) is 5.10 Å². The molecular weight excluding hydrogens is 385 g/mol. The van der Waals surface area contributed by atoms with Crippen molar-refractivity contribution in [3.8, 4) is 28.1 Å². The van der Waals surface area contributed by atoms with Crippen LogP contribution in [-0.4, -0.2) is 15.8 Å². The minimum absolute atomic E-state index is 0.265. The Labute approximate surface area is 182 Å². The van der Waals surface area contributed by atoms with Gasteiger partial charge in [-0.05, 0) is 36.6 Å². The zero-order valence-electron chi connectivity index (χ0n) is 17.5. The summed E-state index contributed by atoms with van der Waals surface area (Å²) in [5, 5.41) is 8.82. The van der Waals surface area contributed by atoms with Crippen molar-refractivity contribution in [1.29, 1.82) is 0 Å². The molecule has 3 nitrogen and oxygen atoms in total. The van der Waals surface area contributed by atoms with Gasteiger partial charge in [0.05, 0.1) is 11.3 Å². The van der Waals surface area contributed by atoms with Crippen LogP contribution in [0.1, 0.15) is 32.1 Å². The van der Waals surface area contributed by atoms with E-state index in [1.807, 2.05) is 47.1 Å². The summed E-state index contributed by atoms with van der Waals surface area (Å²) in [6.07, 6.45) is 6.05. The van der Waals surface area contributed by atoms with E-state index >= 15 is 0 Å². The Morgan fingerprint density at radius 1 is 0.774 bits per heavy atom. The first-order valence-electron chi connectivity index (χ1n) is 11.1. The molecule has 0 amide bonds. The molecule has 1 saturated carbocycles. The maximum Gasteiger partial charge on any atom is 0.138 e. The van der Waals surface area contributed by atoms with E-state index in [1.54, 1.807) is 12.1 Å². The zero-order valence-corrected chi connectivity index (χ0v) is 17.5. The Morgan fingerprint density at radius 3 is 2.13 bits per heavy atom. The molecule has 5 rings (SSSR count). The van der Waals surface area contributed by atoms with Crippen molar-refractivity contribution in [3.05, 3.63) is 90.7 Å². The second kappa shape index (κ2) is 8.76. The van der Waals surface area contributed by atoms with Crippen LogP contribution < -0.4 is 5.32 Å². The lowest BCUT2D eigenvalue weighted by Crippen LogP contribution is -2.24. The molecule has 0 spiro atoms. The van der Waals surface area contributed by atoms with Crippen LogP contribution in [0.5, 0.6) is 0 Å². The third-order valence-corrected chi connectivity index (χ3v) is 5.99. The molecule has 0 aliphatic heterocycles. The summed E-state index contributed by atoms with van der Waals surface area (Å²) < 4.78 is 16.0. The molecule has 3 aromatic carbocycles. The van der Waals surface area contributed by atoms with Crippen molar-refractivity contribution in [2.24, 2.45) is 0 Å². The Kier molecular flexibility index (Phi) is 5.53. The highest BCUT2D eigenvalue weighted by Gasteiger charge is 2.24. The normalized spacial score (nSPS) is 14.5. The largest absolute Gasteiger partial charge is 0.367 e. The summed E-state index contributed by atoms with van der Waals surface area (Å²) in [7, 11) is 0. The van der Waals surface area contributed by atoms with E-state index in [0.717, 1.165) is 46.7 Å². The van der Waals surface area contributed by atoms with Crippen molar-refractivity contribution in [1.82, 2.24) is 9.78 Å². The van der Waals surface area contributed by atoms with Crippen molar-refractivity contribution in [2.45, 2.75) is 38.1 Å². The Hall–Kier alpha value is -3.40. The first kappa shape index (κ1) is 19.6. The molecule has 0 radical (unpaired) electrons. The fraction of sp³-hybridized carbons (Fsp3) is 0.222. The van der Waals surface area contributed by atoms with E-state index < -0.39 is 0 Å². The minimum atomic E-state index is -0.265. The van der Waals surface area contributed by atoms with Gasteiger partial charge >= 0.3 is 0 Å². The lowest BCUT2D eigenvalue weighted by molar-refractivity contribution is 0.461. The van der Waals surface area contributed by atoms with Gasteiger partial charge in [0.15, 0.2) is 0 Å². The standard InChI is InChI=1S/C27H26FN3/c28-22-15-10-18-24(19-22)31-27(29-23-16-8-3-9-17-23)25(20-11-4-1-5-12-20)26(30-31)21-13-6-2-7-14-21/h1-2,4-7,10-15,18-19,23,29H,3,8-9,16-17H2. The molecule has 1 aliphatic carbocycles. The summed E-state index contributed by atoms with van der Waals surface area (Å²) in [5.74, 6) is 0.668. The average molecular weight is 412 g/mol. The van der Waals surface area contributed by atoms with Gasteiger partial charge in [0.25, 0.3) is 0 Å². The van der Waals surface area contributed by atoms with E-state index in [2.05, 4.69) is 29.6 Å². The summed E-state index contributed by atoms with van der Waals surface area (Å²) in [5.41, 5.74) is 4.82. The number of nitrogens with zero attached hydrogens (tertiary/aromatic N) is 2. The van der Waals surface area contributed by atoms with Crippen LogP contribution in [-0.2, 0) is 0 Å². The van der Waals surface area contributed by atoms with Crippen molar-refractivity contribution in [2.75, 3.05) is 5.32 Å². The molecule has 0 unspecified atom stereocenters. The fourth-order valence-electron chi connectivity index (χ4n) is 4.46. The third kappa shape index (κ3) is 4.11. The van der Waals surface area contributed by atoms with Crippen molar-refractivity contribution < 1.29 is 4.39 Å². The van der Waals surface area contributed by atoms with Gasteiger partial charge in [-0.1, -0.05) is 86.0 Å². The van der Waals surface area contributed by atoms with E-state index in [0.29, 0.717) is 6.04 Å². The van der Waals surface area contributed by atoms with Crippen LogP contribution in [0, 0.1) is 5.82 Å². The number of halogens is 1. The lowest BCUT2D eigenvalue weighted by atomic mass is 9.94. The van der Waals surface area contributed by atoms with Gasteiger partial charge in [0, 0.05) is 11.6 Å². The molecule has 1 aliphatic rings. The molecule has 156 valence electrons. The lowest BCUT2D eigenvalue weighted by Gasteiger charge is -2.25. The Balaban J connectivity index is 1.74. The van der Waals surface area contributed by atoms with E-state index in [1.165, 1.54) is 25.3 Å². The van der Waals surface area contributed by atoms with Gasteiger partial charge in [-0.2, -0.15) is 5.10 Å². The highest BCUT2D eigenvalue weighted by molar-refractivity contribution is 5.89. The summed E-state index contributed by atoms with van der Waals surface area (Å²) in [6, 6.07) is 27.6. The molecule has 0 atom stereocenters. The summed E-state index contributed by atoms with van der Waals surface area (Å²) >= 11 is 0. The minimum Gasteiger partial charge on any atom is -0.367 e. The topological polar surface area (TPSA) is 29.9 Å². The number of aromatic nitrogens is 2. The number of hydrogen-bond donors (Lipinski definition) is 1. The van der Waals surface area contributed by atoms with Crippen LogP contribution in [0.2, 0.25) is 0 Å². The van der Waals surface area contributed by atoms with Crippen LogP contribution in [0.15, 0.2) is 84.9 Å². The van der Waals surface area contributed by atoms with Gasteiger partial charge in [0.2, 0.25) is 0 Å². The maximum atomic E-state index is 14.1. The second-order valence-electron chi connectivity index (χ2n) is 8.18. The summed E-state index contributed by atoms with van der Waals surface area (Å²) in [6.45, 7) is 0. The predicted molar refractivity (Wildman–Crippen MR) is 125 cm³/mol. The predicted octanol–water partition coefficient (Wildman–Crippen LogP) is 7.09. The molecule has 1 aromatic heterocycles. The van der Waals surface area contributed by atoms with E-state index in [-0.39, 0.29) is 5.82 Å². The first-order valence-corrected chi connectivity index (χ1v) is 11.1. The Bertz CT molecular complexity index is 1150. The van der Waals surface area contributed by atoms with Crippen molar-refractivity contribution >= 4 is 5.82 Å². The molecule has 31 heavy (non-hydrogen) atoms. The fourth-order valence-corrected chi connectivity index (χ4v) is 4.46. The highest BCUT2D eigenvalue weighted by atomic mass is 19.1. The SMILES string of the molecule is Fc1cccc(-n2nc(-c3ccccc3)c(-c3ccccc3)c2NC2CCCCC2)c1. The number of rotatable bonds is 5. The third-order valence-electron chi connectivity index (χ3n) is 5.99. The van der Waals surface area contributed by atoms with Crippen LogP contribution >= 0.6 is 0 Å². The van der Waals surface area contributed by atoms with Gasteiger partial charge in [-0.3, -0.25) is 0 Å². The van der Waals surface area contributed by atoms with Crippen molar-refractivity contribution in [3.63, 3.8) is 0 Å². The number of benzene rings is 3. The molecule has 4 heteroatoms. The summed E-state index contributed by atoms with van der Waals surface area (Å²) in [4.78, 5) is 0.